The van der Waals surface area contributed by atoms with E-state index < -0.39 is 10.0 Å². The summed E-state index contributed by atoms with van der Waals surface area (Å²) in [5.74, 6) is 1.20. The summed E-state index contributed by atoms with van der Waals surface area (Å²) in [6, 6.07) is 10.9. The van der Waals surface area contributed by atoms with Gasteiger partial charge in [-0.05, 0) is 55.7 Å². The normalized spacial score (nSPS) is 11.6. The number of aryl methyl sites for hydroxylation is 3. The summed E-state index contributed by atoms with van der Waals surface area (Å²) in [6.45, 7) is 5.37. The van der Waals surface area contributed by atoms with Gasteiger partial charge in [-0.25, -0.2) is 13.1 Å². The van der Waals surface area contributed by atoms with Gasteiger partial charge in [-0.1, -0.05) is 18.2 Å². The highest BCUT2D eigenvalue weighted by Crippen LogP contribution is 2.26. The number of benzene rings is 2. The van der Waals surface area contributed by atoms with Crippen molar-refractivity contribution >= 4 is 10.0 Å². The maximum absolute atomic E-state index is 12.7. The zero-order chi connectivity index (χ0) is 19.6. The molecule has 1 aromatic heterocycles. The first-order chi connectivity index (χ1) is 12.8. The quantitative estimate of drug-likeness (QED) is 0.698. The van der Waals surface area contributed by atoms with Crippen LogP contribution in [0.25, 0.3) is 11.5 Å². The largest absolute Gasteiger partial charge is 0.496 e. The number of hydrogen-bond acceptors (Lipinski definition) is 6. The summed E-state index contributed by atoms with van der Waals surface area (Å²) < 4.78 is 38.7. The van der Waals surface area contributed by atoms with E-state index in [1.54, 1.807) is 33.1 Å². The van der Waals surface area contributed by atoms with Crippen LogP contribution in [0.15, 0.2) is 45.7 Å². The van der Waals surface area contributed by atoms with Gasteiger partial charge in [-0.15, -0.1) is 10.2 Å². The second kappa shape index (κ2) is 7.50. The van der Waals surface area contributed by atoms with Crippen molar-refractivity contribution in [3.8, 4) is 17.2 Å². The summed E-state index contributed by atoms with van der Waals surface area (Å²) >= 11 is 0. The molecule has 0 aliphatic rings. The van der Waals surface area contributed by atoms with Gasteiger partial charge in [0.25, 0.3) is 0 Å². The van der Waals surface area contributed by atoms with Crippen molar-refractivity contribution in [3.63, 3.8) is 0 Å². The number of aromatic nitrogens is 2. The van der Waals surface area contributed by atoms with E-state index in [-0.39, 0.29) is 17.3 Å². The highest BCUT2D eigenvalue weighted by Gasteiger charge is 2.20. The van der Waals surface area contributed by atoms with E-state index in [0.717, 1.165) is 16.7 Å². The Bertz CT molecular complexity index is 1070. The van der Waals surface area contributed by atoms with Crippen molar-refractivity contribution in [3.05, 3.63) is 59.0 Å². The lowest BCUT2D eigenvalue weighted by molar-refractivity contribution is 0.411. The molecule has 1 heterocycles. The number of nitrogens with zero attached hydrogens (tertiary/aromatic N) is 2. The van der Waals surface area contributed by atoms with Gasteiger partial charge in [0.05, 0.1) is 18.6 Å². The van der Waals surface area contributed by atoms with Gasteiger partial charge in [0.15, 0.2) is 0 Å². The van der Waals surface area contributed by atoms with Gasteiger partial charge in [0.2, 0.25) is 21.8 Å². The van der Waals surface area contributed by atoms with E-state index in [1.165, 1.54) is 0 Å². The minimum Gasteiger partial charge on any atom is -0.496 e. The molecule has 0 fully saturated rings. The molecule has 142 valence electrons. The van der Waals surface area contributed by atoms with Crippen LogP contribution < -0.4 is 9.46 Å². The molecule has 0 aliphatic carbocycles. The summed E-state index contributed by atoms with van der Waals surface area (Å²) in [6.07, 6.45) is 0. The maximum atomic E-state index is 12.7. The Labute approximate surface area is 158 Å². The molecule has 3 aromatic rings. The van der Waals surface area contributed by atoms with Crippen molar-refractivity contribution in [2.45, 2.75) is 32.2 Å². The van der Waals surface area contributed by atoms with E-state index in [4.69, 9.17) is 9.15 Å². The number of methoxy groups -OCH3 is 1. The molecule has 7 nitrogen and oxygen atoms in total. The van der Waals surface area contributed by atoms with E-state index in [2.05, 4.69) is 14.9 Å². The van der Waals surface area contributed by atoms with Gasteiger partial charge < -0.3 is 9.15 Å². The maximum Gasteiger partial charge on any atom is 0.248 e. The minimum atomic E-state index is -3.73. The molecule has 0 bridgehead atoms. The van der Waals surface area contributed by atoms with Crippen LogP contribution in [0.1, 0.15) is 22.6 Å². The van der Waals surface area contributed by atoms with Crippen molar-refractivity contribution in [2.75, 3.05) is 7.11 Å². The van der Waals surface area contributed by atoms with Gasteiger partial charge in [-0.2, -0.15) is 0 Å². The smallest absolute Gasteiger partial charge is 0.248 e. The monoisotopic (exact) mass is 387 g/mol. The van der Waals surface area contributed by atoms with Crippen molar-refractivity contribution < 1.29 is 17.6 Å². The molecule has 0 saturated carbocycles. The highest BCUT2D eigenvalue weighted by molar-refractivity contribution is 7.89. The molecule has 8 heteroatoms. The first kappa shape index (κ1) is 19.1. The molecule has 0 unspecified atom stereocenters. The highest BCUT2D eigenvalue weighted by atomic mass is 32.2. The number of rotatable bonds is 6. The number of ether oxygens (including phenoxy) is 1. The standard InChI is InChI=1S/C19H21N3O4S/c1-12-7-5-6-8-15(12)19-22-21-18(26-19)11-20-27(23,24)17-10-13(2)16(25-4)9-14(17)3/h5-10,20H,11H2,1-4H3. The lowest BCUT2D eigenvalue weighted by Gasteiger charge is -2.12. The lowest BCUT2D eigenvalue weighted by atomic mass is 10.1. The van der Waals surface area contributed by atoms with Crippen LogP contribution in [0, 0.1) is 20.8 Å². The van der Waals surface area contributed by atoms with Crippen molar-refractivity contribution in [1.29, 1.82) is 0 Å². The van der Waals surface area contributed by atoms with Crippen LogP contribution in [-0.2, 0) is 16.6 Å². The van der Waals surface area contributed by atoms with Crippen LogP contribution in [0.2, 0.25) is 0 Å². The van der Waals surface area contributed by atoms with Crippen LogP contribution in [0.5, 0.6) is 5.75 Å². The molecule has 2 aromatic carbocycles. The SMILES string of the molecule is COc1cc(C)c(S(=O)(=O)NCc2nnc(-c3ccccc3C)o2)cc1C. The van der Waals surface area contributed by atoms with Crippen LogP contribution in [0.4, 0.5) is 0 Å². The molecule has 0 aliphatic heterocycles. The molecule has 0 saturated heterocycles. The van der Waals surface area contributed by atoms with Gasteiger partial charge >= 0.3 is 0 Å². The fourth-order valence-corrected chi connectivity index (χ4v) is 4.04. The first-order valence-corrected chi connectivity index (χ1v) is 9.83. The molecular weight excluding hydrogens is 366 g/mol. The van der Waals surface area contributed by atoms with E-state index in [9.17, 15) is 8.42 Å². The third-order valence-corrected chi connectivity index (χ3v) is 5.78. The molecular formula is C19H21N3O4S. The molecule has 0 spiro atoms. The molecule has 0 radical (unpaired) electrons. The third kappa shape index (κ3) is 4.01. The Morgan fingerprint density at radius 1 is 1.04 bits per heavy atom. The molecule has 27 heavy (non-hydrogen) atoms. The molecule has 1 N–H and O–H groups in total. The van der Waals surface area contributed by atoms with E-state index in [1.807, 2.05) is 31.2 Å². The number of nitrogens with one attached hydrogen (secondary N) is 1. The first-order valence-electron chi connectivity index (χ1n) is 8.35. The summed E-state index contributed by atoms with van der Waals surface area (Å²) in [7, 11) is -2.18. The predicted molar refractivity (Wildman–Crippen MR) is 101 cm³/mol. The third-order valence-electron chi connectivity index (χ3n) is 4.24. The minimum absolute atomic E-state index is 0.0915. The lowest BCUT2D eigenvalue weighted by Crippen LogP contribution is -2.24. The van der Waals surface area contributed by atoms with Crippen LogP contribution in [-0.4, -0.2) is 25.7 Å². The Kier molecular flexibility index (Phi) is 5.29. The van der Waals surface area contributed by atoms with Gasteiger partial charge in [-0.3, -0.25) is 0 Å². The summed E-state index contributed by atoms with van der Waals surface area (Å²) in [5.41, 5.74) is 3.15. The summed E-state index contributed by atoms with van der Waals surface area (Å²) in [4.78, 5) is 0.194. The number of sulfonamides is 1. The van der Waals surface area contributed by atoms with Crippen molar-refractivity contribution in [2.24, 2.45) is 0 Å². The van der Waals surface area contributed by atoms with Gasteiger partial charge in [0.1, 0.15) is 5.75 Å². The molecule has 3 rings (SSSR count). The van der Waals surface area contributed by atoms with Crippen LogP contribution in [0.3, 0.4) is 0 Å². The summed E-state index contributed by atoms with van der Waals surface area (Å²) in [5, 5.41) is 7.94. The molecule has 0 atom stereocenters. The molecule has 0 amide bonds. The zero-order valence-electron chi connectivity index (χ0n) is 15.6. The second-order valence-electron chi connectivity index (χ2n) is 6.23. The Balaban J connectivity index is 1.79. The van der Waals surface area contributed by atoms with E-state index >= 15 is 0 Å². The Morgan fingerprint density at radius 2 is 1.78 bits per heavy atom. The topological polar surface area (TPSA) is 94.3 Å². The number of hydrogen-bond donors (Lipinski definition) is 1. The second-order valence-corrected chi connectivity index (χ2v) is 7.96. The predicted octanol–water partition coefficient (Wildman–Crippen LogP) is 3.15. The van der Waals surface area contributed by atoms with Gasteiger partial charge in [0, 0.05) is 5.56 Å². The average Bonchev–Trinajstić information content (AvgIpc) is 3.11. The zero-order valence-corrected chi connectivity index (χ0v) is 16.4. The fourth-order valence-electron chi connectivity index (χ4n) is 2.75. The average molecular weight is 387 g/mol. The van der Waals surface area contributed by atoms with Crippen molar-refractivity contribution in [1.82, 2.24) is 14.9 Å². The Hall–Kier alpha value is -2.71. The van der Waals surface area contributed by atoms with E-state index in [0.29, 0.717) is 17.2 Å². The fraction of sp³-hybridized carbons (Fsp3) is 0.263. The Morgan fingerprint density at radius 3 is 2.48 bits per heavy atom. The van der Waals surface area contributed by atoms with Crippen LogP contribution >= 0.6 is 0 Å².